The van der Waals surface area contributed by atoms with E-state index in [-0.39, 0.29) is 16.1 Å². The molecule has 2 heterocycles. The maximum absolute atomic E-state index is 13.9. The summed E-state index contributed by atoms with van der Waals surface area (Å²) in [7, 11) is -0.981. The zero-order valence-electron chi connectivity index (χ0n) is 11.1. The van der Waals surface area contributed by atoms with Crippen LogP contribution in [0.15, 0.2) is 24.3 Å². The summed E-state index contributed by atoms with van der Waals surface area (Å²) in [5.74, 6) is -0.653. The topological polar surface area (TPSA) is 17.1 Å². The lowest BCUT2D eigenvalue weighted by Crippen LogP contribution is -2.33. The molecule has 0 N–H and O–H groups in total. The predicted molar refractivity (Wildman–Crippen MR) is 73.6 cm³/mol. The van der Waals surface area contributed by atoms with Crippen molar-refractivity contribution in [1.29, 1.82) is 0 Å². The Morgan fingerprint density at radius 3 is 2.62 bits per heavy atom. The number of alkyl halides is 3. The van der Waals surface area contributed by atoms with Crippen LogP contribution in [0.3, 0.4) is 0 Å². The van der Waals surface area contributed by atoms with Gasteiger partial charge in [0.15, 0.2) is 0 Å². The van der Waals surface area contributed by atoms with Gasteiger partial charge in [-0.3, -0.25) is 4.21 Å². The molecule has 0 amide bonds. The largest absolute Gasteiger partial charge is 0.416 e. The van der Waals surface area contributed by atoms with Gasteiger partial charge in [-0.05, 0) is 43.0 Å². The Kier molecular flexibility index (Phi) is 3.67. The fourth-order valence-corrected chi connectivity index (χ4v) is 4.98. The van der Waals surface area contributed by atoms with Crippen molar-refractivity contribution in [2.75, 3.05) is 0 Å². The molecule has 0 radical (unpaired) electrons. The second-order valence-electron chi connectivity index (χ2n) is 5.51. The van der Waals surface area contributed by atoms with Crippen LogP contribution in [0.4, 0.5) is 17.6 Å². The van der Waals surface area contributed by atoms with E-state index < -0.39 is 28.4 Å². The quantitative estimate of drug-likeness (QED) is 0.706. The normalized spacial score (nSPS) is 29.1. The van der Waals surface area contributed by atoms with Crippen molar-refractivity contribution in [1.82, 2.24) is 0 Å². The van der Waals surface area contributed by atoms with Crippen LogP contribution in [0, 0.1) is 5.82 Å². The van der Waals surface area contributed by atoms with E-state index in [0.717, 1.165) is 37.5 Å². The van der Waals surface area contributed by atoms with Crippen LogP contribution >= 0.6 is 0 Å². The highest BCUT2D eigenvalue weighted by molar-refractivity contribution is 7.86. The van der Waals surface area contributed by atoms with Gasteiger partial charge in [-0.2, -0.15) is 13.2 Å². The second kappa shape index (κ2) is 5.23. The first-order valence-electron chi connectivity index (χ1n) is 6.83. The number of rotatable bonds is 1. The summed E-state index contributed by atoms with van der Waals surface area (Å²) in [6.45, 7) is 0. The van der Waals surface area contributed by atoms with Crippen LogP contribution < -0.4 is 0 Å². The van der Waals surface area contributed by atoms with Crippen LogP contribution in [-0.4, -0.2) is 14.7 Å². The molecule has 114 valence electrons. The number of hydrogen-bond donors (Lipinski definition) is 0. The zero-order valence-corrected chi connectivity index (χ0v) is 11.9. The molecule has 1 saturated heterocycles. The van der Waals surface area contributed by atoms with Crippen LogP contribution in [0.25, 0.3) is 5.57 Å². The molecular weight excluding hydrogens is 304 g/mol. The van der Waals surface area contributed by atoms with Gasteiger partial charge in [0.1, 0.15) is 5.82 Å². The molecule has 0 aliphatic carbocycles. The number of halogens is 4. The minimum Gasteiger partial charge on any atom is -0.259 e. The fraction of sp³-hybridized carbons (Fsp3) is 0.467. The molecule has 1 aromatic rings. The van der Waals surface area contributed by atoms with Crippen molar-refractivity contribution in [3.05, 3.63) is 41.2 Å². The average molecular weight is 318 g/mol. The van der Waals surface area contributed by atoms with Gasteiger partial charge in [0.25, 0.3) is 0 Å². The minimum atomic E-state index is -4.49. The zero-order chi connectivity index (χ0) is 15.2. The summed E-state index contributed by atoms with van der Waals surface area (Å²) in [5, 5.41) is -0.209. The lowest BCUT2D eigenvalue weighted by molar-refractivity contribution is -0.137. The van der Waals surface area contributed by atoms with Gasteiger partial charge in [-0.1, -0.05) is 12.5 Å². The highest BCUT2D eigenvalue weighted by atomic mass is 32.2. The van der Waals surface area contributed by atoms with E-state index in [0.29, 0.717) is 12.0 Å². The second-order valence-corrected chi connectivity index (χ2v) is 7.44. The Labute approximate surface area is 122 Å². The standard InChI is InChI=1S/C15H14F4OS/c16-14-5-4-10(15(17,18)19)8-13(14)9-6-11-2-1-3-12(7-9)21(11)20/h4-6,8,11-12H,1-3,7H2. The molecule has 3 unspecified atom stereocenters. The Balaban J connectivity index is 2.02. The average Bonchev–Trinajstić information content (AvgIpc) is 2.38. The predicted octanol–water partition coefficient (Wildman–Crippen LogP) is 4.30. The number of fused-ring (bicyclic) bond motifs is 2. The Hall–Kier alpha value is -1.17. The third-order valence-corrected chi connectivity index (χ3v) is 6.14. The lowest BCUT2D eigenvalue weighted by atomic mass is 9.92. The SMILES string of the molecule is O=S1C2C=C(c3cc(C(F)(F)F)ccc3F)CC1CCC2. The highest BCUT2D eigenvalue weighted by Gasteiger charge is 2.35. The molecule has 3 atom stereocenters. The van der Waals surface area contributed by atoms with Crippen LogP contribution in [0.5, 0.6) is 0 Å². The third kappa shape index (κ3) is 2.78. The minimum absolute atomic E-state index is 0.00146. The van der Waals surface area contributed by atoms with E-state index in [9.17, 15) is 21.8 Å². The van der Waals surface area contributed by atoms with Crippen LogP contribution in [0.1, 0.15) is 36.8 Å². The fourth-order valence-electron chi connectivity index (χ4n) is 3.05. The molecule has 1 aromatic carbocycles. The Morgan fingerprint density at radius 1 is 1.19 bits per heavy atom. The first kappa shape index (κ1) is 14.8. The van der Waals surface area contributed by atoms with Gasteiger partial charge in [-0.15, -0.1) is 0 Å². The molecule has 2 aliphatic heterocycles. The molecule has 3 rings (SSSR count). The molecular formula is C15H14F4OS. The van der Waals surface area contributed by atoms with Crippen molar-refractivity contribution in [2.24, 2.45) is 0 Å². The monoisotopic (exact) mass is 318 g/mol. The maximum atomic E-state index is 13.9. The van der Waals surface area contributed by atoms with Crippen molar-refractivity contribution < 1.29 is 21.8 Å². The van der Waals surface area contributed by atoms with E-state index >= 15 is 0 Å². The van der Waals surface area contributed by atoms with E-state index in [1.807, 2.05) is 0 Å². The van der Waals surface area contributed by atoms with Crippen molar-refractivity contribution in [3.63, 3.8) is 0 Å². The maximum Gasteiger partial charge on any atom is 0.416 e. The van der Waals surface area contributed by atoms with Gasteiger partial charge >= 0.3 is 6.18 Å². The summed E-state index contributed by atoms with van der Waals surface area (Å²) in [5.41, 5.74) is -0.289. The molecule has 21 heavy (non-hydrogen) atoms. The number of benzene rings is 1. The van der Waals surface area contributed by atoms with E-state index in [1.165, 1.54) is 0 Å². The summed E-state index contributed by atoms with van der Waals surface area (Å²) in [4.78, 5) is 0. The molecule has 1 nitrogen and oxygen atoms in total. The van der Waals surface area contributed by atoms with E-state index in [4.69, 9.17) is 0 Å². The third-order valence-electron chi connectivity index (χ3n) is 4.12. The number of allylic oxidation sites excluding steroid dienone is 1. The van der Waals surface area contributed by atoms with Crippen molar-refractivity contribution in [2.45, 2.75) is 42.4 Å². The molecule has 6 heteroatoms. The van der Waals surface area contributed by atoms with Gasteiger partial charge in [0, 0.05) is 21.6 Å². The summed E-state index contributed by atoms with van der Waals surface area (Å²) < 4.78 is 64.3. The lowest BCUT2D eigenvalue weighted by Gasteiger charge is -2.33. The van der Waals surface area contributed by atoms with Gasteiger partial charge < -0.3 is 0 Å². The van der Waals surface area contributed by atoms with Gasteiger partial charge in [-0.25, -0.2) is 4.39 Å². The Morgan fingerprint density at radius 2 is 1.95 bits per heavy atom. The summed E-state index contributed by atoms with van der Waals surface area (Å²) >= 11 is 0. The molecule has 0 aromatic heterocycles. The molecule has 2 bridgehead atoms. The Bertz CT molecular complexity index is 621. The van der Waals surface area contributed by atoms with Gasteiger partial charge in [0.2, 0.25) is 0 Å². The van der Waals surface area contributed by atoms with E-state index in [1.54, 1.807) is 6.08 Å². The molecule has 1 fully saturated rings. The summed E-state index contributed by atoms with van der Waals surface area (Å²) in [6, 6.07) is 2.48. The number of hydrogen-bond acceptors (Lipinski definition) is 1. The molecule has 0 spiro atoms. The van der Waals surface area contributed by atoms with E-state index in [2.05, 4.69) is 0 Å². The smallest absolute Gasteiger partial charge is 0.259 e. The van der Waals surface area contributed by atoms with Crippen LogP contribution in [0.2, 0.25) is 0 Å². The van der Waals surface area contributed by atoms with Crippen molar-refractivity contribution >= 4 is 16.4 Å². The highest BCUT2D eigenvalue weighted by Crippen LogP contribution is 2.39. The summed E-state index contributed by atoms with van der Waals surface area (Å²) in [6.07, 6.45) is 0.131. The molecule has 2 aliphatic rings. The first-order valence-corrected chi connectivity index (χ1v) is 8.11. The molecule has 0 saturated carbocycles. The van der Waals surface area contributed by atoms with Crippen molar-refractivity contribution in [3.8, 4) is 0 Å². The van der Waals surface area contributed by atoms with Gasteiger partial charge in [0.05, 0.1) is 10.8 Å². The van der Waals surface area contributed by atoms with Crippen LogP contribution in [-0.2, 0) is 17.0 Å². The first-order chi connectivity index (χ1) is 9.86.